The van der Waals surface area contributed by atoms with Crippen molar-refractivity contribution in [1.82, 2.24) is 24.6 Å². The number of carbonyl (C=O) groups excluding carboxylic acids is 1. The minimum atomic E-state index is 0.138. The lowest BCUT2D eigenvalue weighted by Gasteiger charge is -2.19. The van der Waals surface area contributed by atoms with Crippen molar-refractivity contribution in [1.29, 1.82) is 0 Å². The highest BCUT2D eigenvalue weighted by Crippen LogP contribution is 2.25. The van der Waals surface area contributed by atoms with Gasteiger partial charge in [-0.3, -0.25) is 9.78 Å². The van der Waals surface area contributed by atoms with Gasteiger partial charge in [0.25, 0.3) is 5.78 Å². The second-order valence-electron chi connectivity index (χ2n) is 5.44. The SMILES string of the molecule is CC1CC(=O)c2cnc3nc(-c4ccncc4)nn3c2C1. The van der Waals surface area contributed by atoms with E-state index in [1.165, 1.54) is 0 Å². The monoisotopic (exact) mass is 279 g/mol. The number of ketones is 1. The maximum Gasteiger partial charge on any atom is 0.252 e. The minimum absolute atomic E-state index is 0.138. The Morgan fingerprint density at radius 2 is 2.05 bits per heavy atom. The molecule has 1 atom stereocenters. The van der Waals surface area contributed by atoms with Crippen molar-refractivity contribution in [3.63, 3.8) is 0 Å². The average Bonchev–Trinajstić information content (AvgIpc) is 2.92. The molecule has 0 aliphatic heterocycles. The van der Waals surface area contributed by atoms with Gasteiger partial charge in [0, 0.05) is 30.6 Å². The molecule has 0 fully saturated rings. The smallest absolute Gasteiger partial charge is 0.252 e. The highest BCUT2D eigenvalue weighted by molar-refractivity contribution is 5.98. The molecule has 6 heteroatoms. The van der Waals surface area contributed by atoms with Crippen LogP contribution in [0.5, 0.6) is 0 Å². The van der Waals surface area contributed by atoms with Gasteiger partial charge in [-0.15, -0.1) is 5.10 Å². The van der Waals surface area contributed by atoms with Crippen LogP contribution in [0.2, 0.25) is 0 Å². The van der Waals surface area contributed by atoms with E-state index in [1.807, 2.05) is 12.1 Å². The van der Waals surface area contributed by atoms with E-state index in [4.69, 9.17) is 0 Å². The second-order valence-corrected chi connectivity index (χ2v) is 5.44. The molecule has 3 aromatic heterocycles. The van der Waals surface area contributed by atoms with E-state index < -0.39 is 0 Å². The van der Waals surface area contributed by atoms with Crippen molar-refractivity contribution in [3.05, 3.63) is 42.0 Å². The Morgan fingerprint density at radius 3 is 2.86 bits per heavy atom. The Hall–Kier alpha value is -2.63. The summed E-state index contributed by atoms with van der Waals surface area (Å²) in [6, 6.07) is 3.71. The zero-order valence-corrected chi connectivity index (χ0v) is 11.5. The zero-order chi connectivity index (χ0) is 14.4. The Kier molecular flexibility index (Phi) is 2.57. The normalized spacial score (nSPS) is 18.0. The first-order chi connectivity index (χ1) is 10.2. The quantitative estimate of drug-likeness (QED) is 0.680. The number of hydrogen-bond donors (Lipinski definition) is 0. The summed E-state index contributed by atoms with van der Waals surface area (Å²) in [6.07, 6.45) is 6.43. The fourth-order valence-electron chi connectivity index (χ4n) is 2.76. The Labute approximate surface area is 120 Å². The first-order valence-electron chi connectivity index (χ1n) is 6.90. The molecule has 1 aliphatic carbocycles. The third kappa shape index (κ3) is 1.91. The molecule has 6 nitrogen and oxygen atoms in total. The van der Waals surface area contributed by atoms with Gasteiger partial charge in [0.1, 0.15) is 0 Å². The van der Waals surface area contributed by atoms with Crippen LogP contribution < -0.4 is 0 Å². The van der Waals surface area contributed by atoms with Crippen molar-refractivity contribution in [2.24, 2.45) is 5.92 Å². The van der Waals surface area contributed by atoms with Crippen LogP contribution in [0.4, 0.5) is 0 Å². The summed E-state index contributed by atoms with van der Waals surface area (Å²) in [5.41, 5.74) is 2.47. The molecule has 21 heavy (non-hydrogen) atoms. The number of hydrogen-bond acceptors (Lipinski definition) is 5. The molecule has 0 aromatic carbocycles. The molecule has 0 bridgehead atoms. The Bertz CT molecular complexity index is 840. The molecule has 1 unspecified atom stereocenters. The fourth-order valence-corrected chi connectivity index (χ4v) is 2.76. The van der Waals surface area contributed by atoms with Crippen molar-refractivity contribution < 1.29 is 4.79 Å². The number of nitrogens with zero attached hydrogens (tertiary/aromatic N) is 5. The highest BCUT2D eigenvalue weighted by atomic mass is 16.1. The van der Waals surface area contributed by atoms with Crippen LogP contribution in [0.1, 0.15) is 29.4 Å². The van der Waals surface area contributed by atoms with E-state index in [0.717, 1.165) is 17.7 Å². The van der Waals surface area contributed by atoms with Gasteiger partial charge < -0.3 is 0 Å². The lowest BCUT2D eigenvalue weighted by molar-refractivity contribution is 0.0951. The van der Waals surface area contributed by atoms with Gasteiger partial charge in [0.15, 0.2) is 11.6 Å². The van der Waals surface area contributed by atoms with Crippen molar-refractivity contribution in [2.75, 3.05) is 0 Å². The maximum absolute atomic E-state index is 12.1. The summed E-state index contributed by atoms with van der Waals surface area (Å²) in [6.45, 7) is 2.08. The third-order valence-corrected chi connectivity index (χ3v) is 3.78. The molecule has 0 saturated carbocycles. The molecule has 0 radical (unpaired) electrons. The van der Waals surface area contributed by atoms with E-state index in [0.29, 0.717) is 29.5 Å². The maximum atomic E-state index is 12.1. The molecule has 0 saturated heterocycles. The van der Waals surface area contributed by atoms with Gasteiger partial charge in [-0.05, 0) is 24.5 Å². The fraction of sp³-hybridized carbons (Fsp3) is 0.267. The van der Waals surface area contributed by atoms with Gasteiger partial charge in [0.05, 0.1) is 11.3 Å². The lowest BCUT2D eigenvalue weighted by Crippen LogP contribution is -2.21. The highest BCUT2D eigenvalue weighted by Gasteiger charge is 2.26. The minimum Gasteiger partial charge on any atom is -0.294 e. The van der Waals surface area contributed by atoms with E-state index in [9.17, 15) is 4.79 Å². The van der Waals surface area contributed by atoms with Crippen LogP contribution in [0.15, 0.2) is 30.7 Å². The second kappa shape index (κ2) is 4.44. The average molecular weight is 279 g/mol. The first kappa shape index (κ1) is 12.1. The van der Waals surface area contributed by atoms with Gasteiger partial charge in [0.2, 0.25) is 0 Å². The Balaban J connectivity index is 1.93. The lowest BCUT2D eigenvalue weighted by atomic mass is 9.88. The molecule has 4 rings (SSSR count). The zero-order valence-electron chi connectivity index (χ0n) is 11.5. The molecule has 1 aliphatic rings. The molecule has 0 amide bonds. The van der Waals surface area contributed by atoms with Crippen LogP contribution in [-0.4, -0.2) is 30.3 Å². The van der Waals surface area contributed by atoms with E-state index in [2.05, 4.69) is 27.0 Å². The number of rotatable bonds is 1. The van der Waals surface area contributed by atoms with Crippen LogP contribution >= 0.6 is 0 Å². The standard InChI is InChI=1S/C15H13N5O/c1-9-6-12-11(13(21)7-9)8-17-15-18-14(19-20(12)15)10-2-4-16-5-3-10/h2-5,8-9H,6-7H2,1H3. The van der Waals surface area contributed by atoms with Crippen LogP contribution in [0.25, 0.3) is 17.2 Å². The third-order valence-electron chi connectivity index (χ3n) is 3.78. The van der Waals surface area contributed by atoms with Crippen LogP contribution in [0.3, 0.4) is 0 Å². The number of carbonyl (C=O) groups is 1. The molecule has 0 N–H and O–H groups in total. The molecule has 104 valence electrons. The van der Waals surface area contributed by atoms with E-state index in [1.54, 1.807) is 23.1 Å². The molecule has 3 aromatic rings. The van der Waals surface area contributed by atoms with Crippen molar-refractivity contribution >= 4 is 11.6 Å². The van der Waals surface area contributed by atoms with E-state index >= 15 is 0 Å². The van der Waals surface area contributed by atoms with E-state index in [-0.39, 0.29) is 5.78 Å². The molecular weight excluding hydrogens is 266 g/mol. The number of fused-ring (bicyclic) bond motifs is 3. The van der Waals surface area contributed by atoms with Crippen LogP contribution in [0, 0.1) is 5.92 Å². The summed E-state index contributed by atoms with van der Waals surface area (Å²) in [5, 5.41) is 4.53. The number of aromatic nitrogens is 5. The van der Waals surface area contributed by atoms with Gasteiger partial charge >= 0.3 is 0 Å². The molecular formula is C15H13N5O. The molecule has 3 heterocycles. The summed E-state index contributed by atoms with van der Waals surface area (Å²) in [4.78, 5) is 24.8. The molecule has 0 spiro atoms. The van der Waals surface area contributed by atoms with Gasteiger partial charge in [-0.2, -0.15) is 9.50 Å². The largest absolute Gasteiger partial charge is 0.294 e. The predicted octanol–water partition coefficient (Wildman–Crippen LogP) is 1.95. The van der Waals surface area contributed by atoms with Crippen molar-refractivity contribution in [2.45, 2.75) is 19.8 Å². The Morgan fingerprint density at radius 1 is 1.24 bits per heavy atom. The summed E-state index contributed by atoms with van der Waals surface area (Å²) in [7, 11) is 0. The number of Topliss-reactive ketones (excluding diaryl/α,β-unsaturated/α-hetero) is 1. The van der Waals surface area contributed by atoms with Gasteiger partial charge in [-0.1, -0.05) is 6.92 Å². The number of pyridine rings is 1. The topological polar surface area (TPSA) is 73.0 Å². The summed E-state index contributed by atoms with van der Waals surface area (Å²) >= 11 is 0. The van der Waals surface area contributed by atoms with Gasteiger partial charge in [-0.25, -0.2) is 4.98 Å². The van der Waals surface area contributed by atoms with Crippen LogP contribution in [-0.2, 0) is 6.42 Å². The predicted molar refractivity (Wildman–Crippen MR) is 75.8 cm³/mol. The summed E-state index contributed by atoms with van der Waals surface area (Å²) in [5.74, 6) is 1.59. The summed E-state index contributed by atoms with van der Waals surface area (Å²) < 4.78 is 1.71. The first-order valence-corrected chi connectivity index (χ1v) is 6.90. The van der Waals surface area contributed by atoms with Crippen molar-refractivity contribution in [3.8, 4) is 11.4 Å².